The van der Waals surface area contributed by atoms with Gasteiger partial charge in [0.2, 0.25) is 0 Å². The Morgan fingerprint density at radius 3 is 1.65 bits per heavy atom. The van der Waals surface area contributed by atoms with E-state index in [1.807, 2.05) is 6.33 Å². The first-order chi connectivity index (χ1) is 22.1. The molecule has 3 aromatic carbocycles. The molecule has 4 rings (SSSR count). The highest BCUT2D eigenvalue weighted by Crippen LogP contribution is 2.42. The lowest BCUT2D eigenvalue weighted by Gasteiger charge is -2.43. The summed E-state index contributed by atoms with van der Waals surface area (Å²) in [5, 5.41) is 0. The van der Waals surface area contributed by atoms with Crippen molar-refractivity contribution in [2.45, 2.75) is 123 Å². The molecule has 46 heavy (non-hydrogen) atoms. The number of ether oxygens (including phenoxy) is 1. The largest absolute Gasteiger partial charge is 0.375 e. The minimum absolute atomic E-state index is 0.146. The molecule has 3 heteroatoms. The molecular weight excluding hydrogens is 560 g/mol. The lowest BCUT2D eigenvalue weighted by molar-refractivity contribution is -0.0964. The van der Waals surface area contributed by atoms with Crippen molar-refractivity contribution in [1.82, 2.24) is 9.55 Å². The van der Waals surface area contributed by atoms with Crippen LogP contribution in [0.2, 0.25) is 0 Å². The van der Waals surface area contributed by atoms with Gasteiger partial charge in [-0.05, 0) is 67.1 Å². The molecule has 0 fully saturated rings. The van der Waals surface area contributed by atoms with E-state index in [4.69, 9.17) is 9.72 Å². The Morgan fingerprint density at radius 1 is 0.652 bits per heavy atom. The van der Waals surface area contributed by atoms with Crippen LogP contribution in [0.15, 0.2) is 104 Å². The second kappa shape index (κ2) is 16.6. The van der Waals surface area contributed by atoms with Crippen LogP contribution in [0.5, 0.6) is 0 Å². The van der Waals surface area contributed by atoms with Crippen molar-refractivity contribution in [3.05, 3.63) is 126 Å². The van der Waals surface area contributed by atoms with E-state index in [9.17, 15) is 0 Å². The van der Waals surface area contributed by atoms with Crippen LogP contribution in [0, 0.1) is 11.3 Å². The summed E-state index contributed by atoms with van der Waals surface area (Å²) in [5.74, 6) is 0.857. The predicted octanol–water partition coefficient (Wildman–Crippen LogP) is 11.8. The van der Waals surface area contributed by atoms with Crippen LogP contribution in [0.4, 0.5) is 0 Å². The molecule has 0 spiro atoms. The fraction of sp³-hybridized carbons (Fsp3) is 0.512. The van der Waals surface area contributed by atoms with Gasteiger partial charge in [-0.1, -0.05) is 164 Å². The van der Waals surface area contributed by atoms with Crippen molar-refractivity contribution in [2.75, 3.05) is 6.61 Å². The average molecular weight is 621 g/mol. The predicted molar refractivity (Wildman–Crippen MR) is 195 cm³/mol. The van der Waals surface area contributed by atoms with E-state index in [-0.39, 0.29) is 11.0 Å². The molecule has 0 N–H and O–H groups in total. The minimum atomic E-state index is -0.528. The van der Waals surface area contributed by atoms with E-state index in [1.165, 1.54) is 61.6 Å². The number of rotatable bonds is 18. The van der Waals surface area contributed by atoms with Gasteiger partial charge in [-0.25, -0.2) is 4.98 Å². The van der Waals surface area contributed by atoms with Gasteiger partial charge in [0.15, 0.2) is 0 Å². The molecule has 0 saturated carbocycles. The van der Waals surface area contributed by atoms with E-state index in [0.717, 1.165) is 25.1 Å². The Labute approximate surface area is 280 Å². The number of benzene rings is 3. The third-order valence-corrected chi connectivity index (χ3v) is 10.1. The Bertz CT molecular complexity index is 1300. The number of aromatic nitrogens is 2. The maximum atomic E-state index is 6.71. The maximum Gasteiger partial charge on any atom is 0.121 e. The summed E-state index contributed by atoms with van der Waals surface area (Å²) in [4.78, 5) is 5.03. The Kier molecular flexibility index (Phi) is 12.9. The molecule has 0 aliphatic rings. The van der Waals surface area contributed by atoms with Gasteiger partial charge in [-0.15, -0.1) is 0 Å². The highest BCUT2D eigenvalue weighted by atomic mass is 16.5. The average Bonchev–Trinajstić information content (AvgIpc) is 3.55. The first-order valence-corrected chi connectivity index (χ1v) is 18.0. The molecule has 2 atom stereocenters. The van der Waals surface area contributed by atoms with Crippen molar-refractivity contribution >= 4 is 0 Å². The second-order valence-corrected chi connectivity index (χ2v) is 15.0. The van der Waals surface area contributed by atoms with Crippen LogP contribution >= 0.6 is 0 Å². The summed E-state index contributed by atoms with van der Waals surface area (Å²) in [5.41, 5.74) is 4.32. The van der Waals surface area contributed by atoms with Crippen LogP contribution in [-0.4, -0.2) is 21.8 Å². The van der Waals surface area contributed by atoms with Gasteiger partial charge in [0.1, 0.15) is 5.54 Å². The first kappa shape index (κ1) is 35.7. The summed E-state index contributed by atoms with van der Waals surface area (Å²) >= 11 is 0. The zero-order valence-corrected chi connectivity index (χ0v) is 29.8. The lowest BCUT2D eigenvalue weighted by atomic mass is 9.69. The van der Waals surface area contributed by atoms with Crippen molar-refractivity contribution in [2.24, 2.45) is 11.3 Å². The fourth-order valence-corrected chi connectivity index (χ4v) is 7.69. The molecule has 0 saturated heterocycles. The Hall–Kier alpha value is -3.17. The van der Waals surface area contributed by atoms with Gasteiger partial charge in [0, 0.05) is 12.8 Å². The number of nitrogens with zero attached hydrogens (tertiary/aromatic N) is 2. The van der Waals surface area contributed by atoms with E-state index >= 15 is 0 Å². The molecule has 2 unspecified atom stereocenters. The number of hydrogen-bond donors (Lipinski definition) is 0. The monoisotopic (exact) mass is 620 g/mol. The van der Waals surface area contributed by atoms with E-state index in [2.05, 4.69) is 150 Å². The van der Waals surface area contributed by atoms with Crippen molar-refractivity contribution in [3.63, 3.8) is 0 Å². The zero-order chi connectivity index (χ0) is 33.0. The van der Waals surface area contributed by atoms with Gasteiger partial charge in [0.05, 0.1) is 17.6 Å². The molecule has 0 bridgehead atoms. The molecule has 1 heterocycles. The van der Waals surface area contributed by atoms with Crippen molar-refractivity contribution < 1.29 is 4.74 Å². The molecule has 0 amide bonds. The highest BCUT2D eigenvalue weighted by molar-refractivity contribution is 5.50. The van der Waals surface area contributed by atoms with Crippen LogP contribution in [-0.2, 0) is 10.3 Å². The van der Waals surface area contributed by atoms with Crippen molar-refractivity contribution in [3.8, 4) is 0 Å². The molecule has 248 valence electrons. The summed E-state index contributed by atoms with van der Waals surface area (Å²) in [6.45, 7) is 17.2. The first-order valence-electron chi connectivity index (χ1n) is 18.0. The molecule has 1 aromatic heterocycles. The normalized spacial score (nSPS) is 13.9. The standard InChI is InChI=1S/C43H60N2O/c1-8-9-10-11-12-22-31-40(41(3,4)5)42(6,7)46-32-23-24-35(2)39-33-45(34-44-39)43(36-25-16-13-17-26-36,37-27-18-14-19-28-37)38-29-20-15-21-30-38/h13-21,25-30,33-35,40H,8-12,22-24,31-32H2,1-7H3. The Morgan fingerprint density at radius 2 is 1.15 bits per heavy atom. The SMILES string of the molecule is CCCCCCCCC(C(C)(C)C)C(C)(C)OCCCC(C)c1cn(C(c2ccccc2)(c2ccccc2)c2ccccc2)cn1. The zero-order valence-electron chi connectivity index (χ0n) is 29.8. The van der Waals surface area contributed by atoms with Gasteiger partial charge >= 0.3 is 0 Å². The third-order valence-electron chi connectivity index (χ3n) is 10.1. The Balaban J connectivity index is 1.47. The van der Waals surface area contributed by atoms with Gasteiger partial charge in [0.25, 0.3) is 0 Å². The third kappa shape index (κ3) is 8.79. The summed E-state index contributed by atoms with van der Waals surface area (Å²) in [6.07, 6.45) is 15.7. The van der Waals surface area contributed by atoms with Crippen molar-refractivity contribution in [1.29, 1.82) is 0 Å². The summed E-state index contributed by atoms with van der Waals surface area (Å²) in [6, 6.07) is 32.5. The lowest BCUT2D eigenvalue weighted by Crippen LogP contribution is -2.42. The molecule has 3 nitrogen and oxygen atoms in total. The van der Waals surface area contributed by atoms with Gasteiger partial charge < -0.3 is 9.30 Å². The molecule has 0 radical (unpaired) electrons. The minimum Gasteiger partial charge on any atom is -0.375 e. The van der Waals surface area contributed by atoms with E-state index in [1.54, 1.807) is 0 Å². The van der Waals surface area contributed by atoms with Gasteiger partial charge in [-0.2, -0.15) is 0 Å². The number of imidazole rings is 1. The number of hydrogen-bond acceptors (Lipinski definition) is 2. The van der Waals surface area contributed by atoms with E-state index < -0.39 is 5.54 Å². The smallest absolute Gasteiger partial charge is 0.121 e. The maximum absolute atomic E-state index is 6.71. The van der Waals surface area contributed by atoms with Crippen LogP contribution in [0.1, 0.15) is 135 Å². The van der Waals surface area contributed by atoms with Gasteiger partial charge in [-0.3, -0.25) is 0 Å². The van der Waals surface area contributed by atoms with Crippen LogP contribution < -0.4 is 0 Å². The van der Waals surface area contributed by atoms with Crippen LogP contribution in [0.3, 0.4) is 0 Å². The summed E-state index contributed by atoms with van der Waals surface area (Å²) in [7, 11) is 0. The molecule has 0 aliphatic carbocycles. The summed E-state index contributed by atoms with van der Waals surface area (Å²) < 4.78 is 9.04. The topological polar surface area (TPSA) is 27.1 Å². The fourth-order valence-electron chi connectivity index (χ4n) is 7.69. The number of unbranched alkanes of at least 4 members (excludes halogenated alkanes) is 5. The molecule has 4 aromatic rings. The quantitative estimate of drug-likeness (QED) is 0.0817. The highest BCUT2D eigenvalue weighted by Gasteiger charge is 2.39. The molecular formula is C43H60N2O. The van der Waals surface area contributed by atoms with E-state index in [0.29, 0.717) is 11.8 Å². The van der Waals surface area contributed by atoms with Crippen LogP contribution in [0.25, 0.3) is 0 Å². The molecule has 0 aliphatic heterocycles. The second-order valence-electron chi connectivity index (χ2n) is 15.0.